The molecule has 0 radical (unpaired) electrons. The van der Waals surface area contributed by atoms with E-state index in [0.29, 0.717) is 6.42 Å². The van der Waals surface area contributed by atoms with Crippen LogP contribution in [0.1, 0.15) is 58.3 Å². The van der Waals surface area contributed by atoms with Crippen LogP contribution in [-0.2, 0) is 19.1 Å². The predicted molar refractivity (Wildman–Crippen MR) is 72.0 cm³/mol. The van der Waals surface area contributed by atoms with Crippen LogP contribution in [-0.4, -0.2) is 36.9 Å². The van der Waals surface area contributed by atoms with Crippen LogP contribution in [0.15, 0.2) is 0 Å². The van der Waals surface area contributed by atoms with Gasteiger partial charge in [0.25, 0.3) is 0 Å². The first kappa shape index (κ1) is 17.9. The molecule has 0 rings (SSSR count). The summed E-state index contributed by atoms with van der Waals surface area (Å²) in [6, 6.07) is 0. The van der Waals surface area contributed by atoms with Gasteiger partial charge in [-0.15, -0.1) is 0 Å². The number of unbranched alkanes of at least 4 members (excludes halogenated alkanes) is 5. The van der Waals surface area contributed by atoms with E-state index in [4.69, 9.17) is 14.6 Å². The lowest BCUT2D eigenvalue weighted by atomic mass is 10.1. The molecule has 0 saturated heterocycles. The lowest BCUT2D eigenvalue weighted by Gasteiger charge is -2.05. The van der Waals surface area contributed by atoms with Gasteiger partial charge in [-0.3, -0.25) is 9.59 Å². The maximum atomic E-state index is 11.3. The number of aliphatic carboxylic acids is 1. The number of ether oxygens (including phenoxy) is 2. The lowest BCUT2D eigenvalue weighted by molar-refractivity contribution is -0.146. The number of carbonyl (C=O) groups is 2. The van der Waals surface area contributed by atoms with Crippen molar-refractivity contribution in [2.24, 2.45) is 0 Å². The number of esters is 1. The molecule has 0 atom stereocenters. The monoisotopic (exact) mass is 274 g/mol. The van der Waals surface area contributed by atoms with Crippen LogP contribution >= 0.6 is 0 Å². The average molecular weight is 274 g/mol. The molecular formula is C14H26O5. The summed E-state index contributed by atoms with van der Waals surface area (Å²) in [7, 11) is 0. The van der Waals surface area contributed by atoms with Gasteiger partial charge < -0.3 is 14.6 Å². The van der Waals surface area contributed by atoms with Crippen LogP contribution in [0.4, 0.5) is 0 Å². The van der Waals surface area contributed by atoms with Crippen LogP contribution < -0.4 is 0 Å². The largest absolute Gasteiger partial charge is 0.481 e. The van der Waals surface area contributed by atoms with Gasteiger partial charge in [0.2, 0.25) is 0 Å². The quantitative estimate of drug-likeness (QED) is 0.413. The second-order valence-corrected chi connectivity index (χ2v) is 4.49. The normalized spacial score (nSPS) is 10.4. The molecule has 0 unspecified atom stereocenters. The molecule has 0 fully saturated rings. The Labute approximate surface area is 115 Å². The molecule has 112 valence electrons. The Morgan fingerprint density at radius 2 is 1.58 bits per heavy atom. The molecular weight excluding hydrogens is 248 g/mol. The minimum Gasteiger partial charge on any atom is -0.481 e. The molecule has 0 aromatic heterocycles. The maximum absolute atomic E-state index is 11.3. The van der Waals surface area contributed by atoms with E-state index in [9.17, 15) is 9.59 Å². The van der Waals surface area contributed by atoms with Crippen LogP contribution in [0.25, 0.3) is 0 Å². The SMILES string of the molecule is CCCCCCCCC(=O)OCCOCCC(=O)O. The van der Waals surface area contributed by atoms with E-state index < -0.39 is 5.97 Å². The number of carbonyl (C=O) groups excluding carboxylic acids is 1. The molecule has 0 spiro atoms. The second kappa shape index (κ2) is 13.3. The summed E-state index contributed by atoms with van der Waals surface area (Å²) in [5.41, 5.74) is 0. The molecule has 0 aromatic rings. The van der Waals surface area contributed by atoms with E-state index in [0.717, 1.165) is 12.8 Å². The van der Waals surface area contributed by atoms with Gasteiger partial charge in [0.05, 0.1) is 19.6 Å². The van der Waals surface area contributed by atoms with Gasteiger partial charge in [-0.05, 0) is 6.42 Å². The summed E-state index contributed by atoms with van der Waals surface area (Å²) in [5.74, 6) is -1.09. The van der Waals surface area contributed by atoms with Crippen molar-refractivity contribution in [3.63, 3.8) is 0 Å². The van der Waals surface area contributed by atoms with Gasteiger partial charge in [-0.25, -0.2) is 0 Å². The third-order valence-corrected chi connectivity index (χ3v) is 2.69. The molecule has 0 aliphatic rings. The maximum Gasteiger partial charge on any atom is 0.305 e. The van der Waals surface area contributed by atoms with Crippen molar-refractivity contribution in [1.29, 1.82) is 0 Å². The Balaban J connectivity index is 3.19. The molecule has 0 amide bonds. The summed E-state index contributed by atoms with van der Waals surface area (Å²) in [6.45, 7) is 2.80. The average Bonchev–Trinajstić information content (AvgIpc) is 2.37. The Kier molecular flexibility index (Phi) is 12.6. The van der Waals surface area contributed by atoms with Crippen molar-refractivity contribution in [1.82, 2.24) is 0 Å². The highest BCUT2D eigenvalue weighted by Crippen LogP contribution is 2.07. The van der Waals surface area contributed by atoms with Gasteiger partial charge in [0.1, 0.15) is 6.61 Å². The summed E-state index contributed by atoms with van der Waals surface area (Å²) >= 11 is 0. The number of hydrogen-bond donors (Lipinski definition) is 1. The molecule has 1 N–H and O–H groups in total. The summed E-state index contributed by atoms with van der Waals surface area (Å²) < 4.78 is 9.97. The molecule has 0 aliphatic heterocycles. The smallest absolute Gasteiger partial charge is 0.305 e. The van der Waals surface area contributed by atoms with E-state index >= 15 is 0 Å². The number of rotatable bonds is 13. The molecule has 0 aromatic carbocycles. The van der Waals surface area contributed by atoms with Crippen molar-refractivity contribution in [2.75, 3.05) is 19.8 Å². The minimum atomic E-state index is -0.889. The standard InChI is InChI=1S/C14H26O5/c1-2-3-4-5-6-7-8-14(17)19-12-11-18-10-9-13(15)16/h2-12H2,1H3,(H,15,16). The zero-order valence-electron chi connectivity index (χ0n) is 11.9. The fourth-order valence-corrected chi connectivity index (χ4v) is 1.60. The van der Waals surface area contributed by atoms with Crippen LogP contribution in [0, 0.1) is 0 Å². The molecule has 5 heteroatoms. The highest BCUT2D eigenvalue weighted by atomic mass is 16.6. The zero-order valence-corrected chi connectivity index (χ0v) is 11.9. The fraction of sp³-hybridized carbons (Fsp3) is 0.857. The molecule has 0 aliphatic carbocycles. The summed E-state index contributed by atoms with van der Waals surface area (Å²) in [5, 5.41) is 8.37. The molecule has 5 nitrogen and oxygen atoms in total. The van der Waals surface area contributed by atoms with E-state index in [1.54, 1.807) is 0 Å². The van der Waals surface area contributed by atoms with E-state index in [-0.39, 0.29) is 32.2 Å². The van der Waals surface area contributed by atoms with Gasteiger partial charge in [0.15, 0.2) is 0 Å². The van der Waals surface area contributed by atoms with Crippen LogP contribution in [0.2, 0.25) is 0 Å². The van der Waals surface area contributed by atoms with E-state index in [1.165, 1.54) is 25.7 Å². The molecule has 0 bridgehead atoms. The van der Waals surface area contributed by atoms with Gasteiger partial charge in [-0.2, -0.15) is 0 Å². The summed E-state index contributed by atoms with van der Waals surface area (Å²) in [6.07, 6.45) is 7.30. The molecule has 0 saturated carbocycles. The Morgan fingerprint density at radius 3 is 2.26 bits per heavy atom. The third-order valence-electron chi connectivity index (χ3n) is 2.69. The van der Waals surface area contributed by atoms with Crippen LogP contribution in [0.5, 0.6) is 0 Å². The first-order valence-electron chi connectivity index (χ1n) is 7.12. The van der Waals surface area contributed by atoms with E-state index in [2.05, 4.69) is 6.92 Å². The van der Waals surface area contributed by atoms with Gasteiger partial charge in [0, 0.05) is 6.42 Å². The van der Waals surface area contributed by atoms with Crippen molar-refractivity contribution in [2.45, 2.75) is 58.3 Å². The fourth-order valence-electron chi connectivity index (χ4n) is 1.60. The topological polar surface area (TPSA) is 72.8 Å². The van der Waals surface area contributed by atoms with Crippen molar-refractivity contribution < 1.29 is 24.2 Å². The van der Waals surface area contributed by atoms with Crippen molar-refractivity contribution >= 4 is 11.9 Å². The third kappa shape index (κ3) is 14.8. The first-order chi connectivity index (χ1) is 9.16. The Hall–Kier alpha value is -1.10. The van der Waals surface area contributed by atoms with Crippen LogP contribution in [0.3, 0.4) is 0 Å². The number of hydrogen-bond acceptors (Lipinski definition) is 4. The second-order valence-electron chi connectivity index (χ2n) is 4.49. The number of carboxylic acids is 1. The minimum absolute atomic E-state index is 0.0221. The first-order valence-corrected chi connectivity index (χ1v) is 7.12. The Morgan fingerprint density at radius 1 is 0.895 bits per heavy atom. The highest BCUT2D eigenvalue weighted by molar-refractivity contribution is 5.69. The lowest BCUT2D eigenvalue weighted by Crippen LogP contribution is -2.12. The molecule has 0 heterocycles. The van der Waals surface area contributed by atoms with Gasteiger partial charge in [-0.1, -0.05) is 39.0 Å². The molecule has 19 heavy (non-hydrogen) atoms. The highest BCUT2D eigenvalue weighted by Gasteiger charge is 2.02. The zero-order chi connectivity index (χ0) is 14.3. The van der Waals surface area contributed by atoms with Gasteiger partial charge >= 0.3 is 11.9 Å². The summed E-state index contributed by atoms with van der Waals surface area (Å²) in [4.78, 5) is 21.5. The number of carboxylic acid groups (broad SMARTS) is 1. The predicted octanol–water partition coefficient (Wildman–Crippen LogP) is 2.77. The van der Waals surface area contributed by atoms with Crippen molar-refractivity contribution in [3.8, 4) is 0 Å². The Bertz CT molecular complexity index is 240. The van der Waals surface area contributed by atoms with E-state index in [1.807, 2.05) is 0 Å². The van der Waals surface area contributed by atoms with Crippen molar-refractivity contribution in [3.05, 3.63) is 0 Å².